The van der Waals surface area contributed by atoms with Crippen LogP contribution in [0.3, 0.4) is 0 Å². The third kappa shape index (κ3) is 5.60. The molecule has 166 valence electrons. The van der Waals surface area contributed by atoms with Gasteiger partial charge in [-0.1, -0.05) is 48.7 Å². The van der Waals surface area contributed by atoms with Crippen LogP contribution in [-0.2, 0) is 4.79 Å². The Morgan fingerprint density at radius 3 is 2.45 bits per heavy atom. The quantitative estimate of drug-likeness (QED) is 0.329. The number of hydrogen-bond acceptors (Lipinski definition) is 5. The number of unbranched alkanes of at least 4 members (excludes halogenated alkanes) is 1. The van der Waals surface area contributed by atoms with E-state index in [1.807, 2.05) is 37.4 Å². The molecule has 0 saturated heterocycles. The second kappa shape index (κ2) is 10.0. The van der Waals surface area contributed by atoms with Crippen molar-refractivity contribution in [2.45, 2.75) is 50.0 Å². The van der Waals surface area contributed by atoms with Crippen LogP contribution in [0.1, 0.15) is 32.1 Å². The zero-order valence-corrected chi connectivity index (χ0v) is 18.5. The topological polar surface area (TPSA) is 107 Å². The maximum Gasteiger partial charge on any atom is 0.451 e. The average Bonchev–Trinajstić information content (AvgIpc) is 2.70. The summed E-state index contributed by atoms with van der Waals surface area (Å²) in [7, 11) is 0.672. The minimum absolute atomic E-state index is 0.101. The molecule has 0 amide bonds. The van der Waals surface area contributed by atoms with Crippen molar-refractivity contribution < 1.29 is 19.9 Å². The van der Waals surface area contributed by atoms with Crippen LogP contribution in [0.25, 0.3) is 11.1 Å². The highest BCUT2D eigenvalue weighted by Crippen LogP contribution is 2.42. The Bertz CT molecular complexity index is 889. The summed E-state index contributed by atoms with van der Waals surface area (Å²) in [5.74, 6) is -1.08. The van der Waals surface area contributed by atoms with E-state index >= 15 is 0 Å². The standard InChI is InChI=1S/C23H30BClN2O4/c1-27(20-6-4-5-17(13-20)16-7-9-19(25)10-8-16)21-14-18(15-21)23(26,22(28)29)11-2-3-12-24(30)31/h4-10,13,18,21,30-31H,2-3,11-12,14-15,26H2,1H3,(H,28,29)/t18?,21?,23-/m0/s1. The van der Waals surface area contributed by atoms with E-state index < -0.39 is 18.6 Å². The number of carbonyl (C=O) groups is 1. The summed E-state index contributed by atoms with van der Waals surface area (Å²) in [5.41, 5.74) is 8.31. The number of anilines is 1. The largest absolute Gasteiger partial charge is 0.480 e. The van der Waals surface area contributed by atoms with Gasteiger partial charge < -0.3 is 25.8 Å². The molecule has 1 aliphatic carbocycles. The van der Waals surface area contributed by atoms with Gasteiger partial charge in [0.25, 0.3) is 0 Å². The number of halogens is 1. The molecule has 6 nitrogen and oxygen atoms in total. The summed E-state index contributed by atoms with van der Waals surface area (Å²) < 4.78 is 0. The highest BCUT2D eigenvalue weighted by Gasteiger charge is 2.49. The van der Waals surface area contributed by atoms with Gasteiger partial charge >= 0.3 is 13.1 Å². The Labute approximate surface area is 188 Å². The van der Waals surface area contributed by atoms with Gasteiger partial charge in [-0.05, 0) is 66.9 Å². The van der Waals surface area contributed by atoms with Crippen LogP contribution in [0, 0.1) is 5.92 Å². The van der Waals surface area contributed by atoms with E-state index in [1.165, 1.54) is 0 Å². The van der Waals surface area contributed by atoms with E-state index in [-0.39, 0.29) is 18.3 Å². The van der Waals surface area contributed by atoms with Crippen LogP contribution >= 0.6 is 11.6 Å². The Balaban J connectivity index is 1.62. The molecule has 1 saturated carbocycles. The fraction of sp³-hybridized carbons (Fsp3) is 0.435. The summed E-state index contributed by atoms with van der Waals surface area (Å²) in [4.78, 5) is 14.1. The first-order chi connectivity index (χ1) is 14.7. The Morgan fingerprint density at radius 2 is 1.84 bits per heavy atom. The van der Waals surface area contributed by atoms with E-state index in [9.17, 15) is 9.90 Å². The monoisotopic (exact) mass is 444 g/mol. The van der Waals surface area contributed by atoms with Crippen molar-refractivity contribution in [3.8, 4) is 11.1 Å². The molecular formula is C23H30BClN2O4. The minimum Gasteiger partial charge on any atom is -0.480 e. The minimum atomic E-state index is -1.36. The average molecular weight is 445 g/mol. The lowest BCUT2D eigenvalue weighted by Crippen LogP contribution is -2.61. The van der Waals surface area contributed by atoms with E-state index in [2.05, 4.69) is 23.1 Å². The van der Waals surface area contributed by atoms with Crippen molar-refractivity contribution in [1.29, 1.82) is 0 Å². The fourth-order valence-corrected chi connectivity index (χ4v) is 4.44. The molecule has 3 rings (SSSR count). The zero-order chi connectivity index (χ0) is 22.6. The first-order valence-electron chi connectivity index (χ1n) is 10.7. The summed E-state index contributed by atoms with van der Waals surface area (Å²) in [5, 5.41) is 28.4. The predicted octanol–water partition coefficient (Wildman–Crippen LogP) is 3.65. The summed E-state index contributed by atoms with van der Waals surface area (Å²) in [6, 6.07) is 16.2. The third-order valence-electron chi connectivity index (χ3n) is 6.52. The van der Waals surface area contributed by atoms with Gasteiger partial charge in [-0.2, -0.15) is 0 Å². The van der Waals surface area contributed by atoms with Gasteiger partial charge in [-0.25, -0.2) is 0 Å². The Hall–Kier alpha value is -2.06. The van der Waals surface area contributed by atoms with Crippen molar-refractivity contribution in [2.75, 3.05) is 11.9 Å². The molecular weight excluding hydrogens is 415 g/mol. The lowest BCUT2D eigenvalue weighted by Gasteiger charge is -2.48. The lowest BCUT2D eigenvalue weighted by atomic mass is 9.65. The first kappa shape index (κ1) is 23.6. The predicted molar refractivity (Wildman–Crippen MR) is 125 cm³/mol. The number of carboxylic acid groups (broad SMARTS) is 1. The molecule has 2 aromatic rings. The number of rotatable bonds is 10. The highest BCUT2D eigenvalue weighted by atomic mass is 35.5. The van der Waals surface area contributed by atoms with Crippen molar-refractivity contribution >= 4 is 30.4 Å². The van der Waals surface area contributed by atoms with Gasteiger partial charge in [-0.3, -0.25) is 4.79 Å². The lowest BCUT2D eigenvalue weighted by molar-refractivity contribution is -0.147. The Kier molecular flexibility index (Phi) is 7.65. The number of carboxylic acids is 1. The van der Waals surface area contributed by atoms with Gasteiger partial charge in [0, 0.05) is 23.8 Å². The molecule has 0 aliphatic heterocycles. The maximum absolute atomic E-state index is 11.9. The molecule has 1 fully saturated rings. The van der Waals surface area contributed by atoms with E-state index in [0.717, 1.165) is 16.8 Å². The number of benzene rings is 2. The van der Waals surface area contributed by atoms with Gasteiger partial charge in [0.2, 0.25) is 0 Å². The van der Waals surface area contributed by atoms with Crippen molar-refractivity contribution in [3.05, 3.63) is 53.6 Å². The maximum atomic E-state index is 11.9. The van der Waals surface area contributed by atoms with Gasteiger partial charge in [0.15, 0.2) is 0 Å². The van der Waals surface area contributed by atoms with Gasteiger partial charge in [-0.15, -0.1) is 0 Å². The molecule has 0 heterocycles. The zero-order valence-electron chi connectivity index (χ0n) is 17.7. The molecule has 0 bridgehead atoms. The van der Waals surface area contributed by atoms with Crippen LogP contribution in [0.5, 0.6) is 0 Å². The van der Waals surface area contributed by atoms with Crippen LogP contribution in [-0.4, -0.2) is 46.9 Å². The molecule has 31 heavy (non-hydrogen) atoms. The first-order valence-corrected chi connectivity index (χ1v) is 11.1. The fourth-order valence-electron chi connectivity index (χ4n) is 4.31. The molecule has 0 aromatic heterocycles. The number of hydrogen-bond donors (Lipinski definition) is 4. The SMILES string of the molecule is CN(c1cccc(-c2ccc(Cl)cc2)c1)C1CC([C@@](N)(CCCCB(O)O)C(=O)O)C1. The number of aliphatic carboxylic acids is 1. The Morgan fingerprint density at radius 1 is 1.16 bits per heavy atom. The molecule has 8 heteroatoms. The number of nitrogens with two attached hydrogens (primary N) is 1. The van der Waals surface area contributed by atoms with Crippen LogP contribution in [0.4, 0.5) is 5.69 Å². The third-order valence-corrected chi connectivity index (χ3v) is 6.77. The molecule has 2 aromatic carbocycles. The van der Waals surface area contributed by atoms with Crippen molar-refractivity contribution in [2.24, 2.45) is 11.7 Å². The molecule has 0 spiro atoms. The van der Waals surface area contributed by atoms with E-state index in [0.29, 0.717) is 37.1 Å². The van der Waals surface area contributed by atoms with Gasteiger partial charge in [0.05, 0.1) is 0 Å². The smallest absolute Gasteiger partial charge is 0.451 e. The highest BCUT2D eigenvalue weighted by molar-refractivity contribution is 6.40. The second-order valence-electron chi connectivity index (χ2n) is 8.56. The van der Waals surface area contributed by atoms with Crippen LogP contribution in [0.15, 0.2) is 48.5 Å². The van der Waals surface area contributed by atoms with Crippen LogP contribution in [0.2, 0.25) is 11.3 Å². The second-order valence-corrected chi connectivity index (χ2v) is 9.00. The van der Waals surface area contributed by atoms with Crippen molar-refractivity contribution in [3.63, 3.8) is 0 Å². The van der Waals surface area contributed by atoms with E-state index in [1.54, 1.807) is 0 Å². The molecule has 5 N–H and O–H groups in total. The summed E-state index contributed by atoms with van der Waals surface area (Å²) >= 11 is 5.99. The summed E-state index contributed by atoms with van der Waals surface area (Å²) in [6.45, 7) is 0. The van der Waals surface area contributed by atoms with E-state index in [4.69, 9.17) is 27.4 Å². The van der Waals surface area contributed by atoms with Gasteiger partial charge in [0.1, 0.15) is 5.54 Å². The van der Waals surface area contributed by atoms with Crippen molar-refractivity contribution in [1.82, 2.24) is 0 Å². The number of nitrogens with zero attached hydrogens (tertiary/aromatic N) is 1. The van der Waals surface area contributed by atoms with Crippen LogP contribution < -0.4 is 10.6 Å². The summed E-state index contributed by atoms with van der Waals surface area (Å²) in [6.07, 6.45) is 3.09. The molecule has 1 atom stereocenters. The molecule has 0 unspecified atom stereocenters. The molecule has 1 aliphatic rings. The normalized spacial score (nSPS) is 19.9. The molecule has 0 radical (unpaired) electrons.